The molecule has 0 unspecified atom stereocenters. The highest BCUT2D eigenvalue weighted by atomic mass is 28.3. The second-order valence-corrected chi connectivity index (χ2v) is 11.3. The van der Waals surface area contributed by atoms with Crippen LogP contribution in [0.4, 0.5) is 5.69 Å². The van der Waals surface area contributed by atoms with Crippen molar-refractivity contribution in [3.8, 4) is 0 Å². The normalized spacial score (nSPS) is 19.4. The maximum atomic E-state index is 9.25. The molecule has 1 aliphatic heterocycles. The van der Waals surface area contributed by atoms with Gasteiger partial charge in [-0.25, -0.2) is 0 Å². The summed E-state index contributed by atoms with van der Waals surface area (Å²) in [6.45, 7) is 4.65. The highest BCUT2D eigenvalue weighted by Gasteiger charge is 2.39. The second kappa shape index (κ2) is 5.60. The SMILES string of the molecule is C[Si]1(C)C2=CC(=NO)C=CC2=C(c2ccccc2)c2ccc(N)cc21. The number of hydrogen-bond donors (Lipinski definition) is 2. The zero-order valence-corrected chi connectivity index (χ0v) is 15.3. The van der Waals surface area contributed by atoms with Crippen molar-refractivity contribution in [1.29, 1.82) is 0 Å². The van der Waals surface area contributed by atoms with Gasteiger partial charge in [-0.15, -0.1) is 0 Å². The zero-order valence-electron chi connectivity index (χ0n) is 14.3. The summed E-state index contributed by atoms with van der Waals surface area (Å²) in [4.78, 5) is 0. The number of allylic oxidation sites excluding steroid dienone is 5. The number of rotatable bonds is 1. The molecule has 0 radical (unpaired) electrons. The maximum absolute atomic E-state index is 9.25. The number of anilines is 1. The maximum Gasteiger partial charge on any atom is 0.114 e. The van der Waals surface area contributed by atoms with E-state index in [1.165, 1.54) is 32.7 Å². The molecule has 25 heavy (non-hydrogen) atoms. The average Bonchev–Trinajstić information content (AvgIpc) is 2.63. The highest BCUT2D eigenvalue weighted by Crippen LogP contribution is 2.41. The van der Waals surface area contributed by atoms with E-state index in [4.69, 9.17) is 5.73 Å². The minimum Gasteiger partial charge on any atom is -0.410 e. The Morgan fingerprint density at radius 1 is 1.00 bits per heavy atom. The van der Waals surface area contributed by atoms with E-state index in [1.54, 1.807) is 0 Å². The van der Waals surface area contributed by atoms with E-state index in [1.807, 2.05) is 24.3 Å². The quantitative estimate of drug-likeness (QED) is 0.357. The van der Waals surface area contributed by atoms with Gasteiger partial charge in [-0.1, -0.05) is 60.7 Å². The van der Waals surface area contributed by atoms with Crippen LogP contribution in [0.1, 0.15) is 11.1 Å². The van der Waals surface area contributed by atoms with E-state index in [2.05, 4.69) is 60.7 Å². The van der Waals surface area contributed by atoms with Crippen LogP contribution in [0.3, 0.4) is 0 Å². The average molecular weight is 344 g/mol. The molecular formula is C21H20N2OSi. The van der Waals surface area contributed by atoms with E-state index in [0.29, 0.717) is 5.71 Å². The third-order valence-corrected chi connectivity index (χ3v) is 8.63. The second-order valence-electron chi connectivity index (χ2n) is 7.00. The van der Waals surface area contributed by atoms with Crippen LogP contribution in [0.25, 0.3) is 5.57 Å². The van der Waals surface area contributed by atoms with Crippen LogP contribution in [0.2, 0.25) is 13.1 Å². The van der Waals surface area contributed by atoms with Gasteiger partial charge in [0.05, 0.1) is 0 Å². The Hall–Kier alpha value is -2.85. The van der Waals surface area contributed by atoms with Crippen LogP contribution in [-0.2, 0) is 0 Å². The molecule has 0 bridgehead atoms. The van der Waals surface area contributed by atoms with Gasteiger partial charge < -0.3 is 10.9 Å². The summed E-state index contributed by atoms with van der Waals surface area (Å²) in [6.07, 6.45) is 5.98. The molecule has 3 N–H and O–H groups in total. The number of fused-ring (bicyclic) bond motifs is 2. The van der Waals surface area contributed by atoms with Gasteiger partial charge in [0.15, 0.2) is 0 Å². The molecule has 4 heteroatoms. The molecule has 124 valence electrons. The van der Waals surface area contributed by atoms with E-state index >= 15 is 0 Å². The Kier molecular flexibility index (Phi) is 3.51. The summed E-state index contributed by atoms with van der Waals surface area (Å²) in [5.74, 6) is 0. The summed E-state index contributed by atoms with van der Waals surface area (Å²) < 4.78 is 0. The number of nitrogens with two attached hydrogens (primary N) is 1. The first-order valence-electron chi connectivity index (χ1n) is 8.35. The molecule has 1 heterocycles. The van der Waals surface area contributed by atoms with Gasteiger partial charge in [-0.3, -0.25) is 0 Å². The van der Waals surface area contributed by atoms with Crippen molar-refractivity contribution in [2.24, 2.45) is 5.16 Å². The van der Waals surface area contributed by atoms with Crippen molar-refractivity contribution < 1.29 is 5.21 Å². The summed E-state index contributed by atoms with van der Waals surface area (Å²) in [5.41, 5.74) is 12.4. The minimum atomic E-state index is -1.96. The van der Waals surface area contributed by atoms with Gasteiger partial charge in [0.1, 0.15) is 13.8 Å². The van der Waals surface area contributed by atoms with Crippen LogP contribution >= 0.6 is 0 Å². The predicted octanol–water partition coefficient (Wildman–Crippen LogP) is 3.87. The molecule has 0 fully saturated rings. The third-order valence-electron chi connectivity index (χ3n) is 5.11. The summed E-state index contributed by atoms with van der Waals surface area (Å²) >= 11 is 0. The van der Waals surface area contributed by atoms with E-state index in [0.717, 1.165) is 5.69 Å². The first-order valence-corrected chi connectivity index (χ1v) is 11.3. The molecule has 0 saturated carbocycles. The first-order chi connectivity index (χ1) is 12.0. The molecule has 0 aromatic heterocycles. The molecule has 0 saturated heterocycles. The smallest absolute Gasteiger partial charge is 0.114 e. The van der Waals surface area contributed by atoms with Gasteiger partial charge in [-0.05, 0) is 56.9 Å². The number of oxime groups is 1. The molecule has 1 aliphatic carbocycles. The fourth-order valence-corrected chi connectivity index (χ4v) is 6.92. The van der Waals surface area contributed by atoms with Crippen molar-refractivity contribution >= 4 is 30.2 Å². The summed E-state index contributed by atoms with van der Waals surface area (Å²) in [5, 5.41) is 15.3. The molecule has 3 nitrogen and oxygen atoms in total. The first kappa shape index (κ1) is 15.7. The zero-order chi connectivity index (χ0) is 17.6. The minimum absolute atomic E-state index is 0.596. The number of benzene rings is 2. The number of nitrogens with zero attached hydrogens (tertiary/aromatic N) is 1. The molecular weight excluding hydrogens is 324 g/mol. The lowest BCUT2D eigenvalue weighted by Crippen LogP contribution is -2.49. The number of hydrogen-bond acceptors (Lipinski definition) is 3. The number of nitrogen functional groups attached to an aromatic ring is 1. The molecule has 2 aromatic carbocycles. The molecule has 2 aromatic rings. The van der Waals surface area contributed by atoms with Gasteiger partial charge in [0.2, 0.25) is 0 Å². The molecule has 2 aliphatic rings. The lowest BCUT2D eigenvalue weighted by atomic mass is 9.90. The van der Waals surface area contributed by atoms with Crippen molar-refractivity contribution in [2.45, 2.75) is 13.1 Å². The Labute approximate surface area is 148 Å². The lowest BCUT2D eigenvalue weighted by Gasteiger charge is -2.37. The monoisotopic (exact) mass is 344 g/mol. The Balaban J connectivity index is 2.11. The van der Waals surface area contributed by atoms with Crippen LogP contribution in [-0.4, -0.2) is 19.0 Å². The Morgan fingerprint density at radius 2 is 1.76 bits per heavy atom. The van der Waals surface area contributed by atoms with Crippen molar-refractivity contribution in [3.63, 3.8) is 0 Å². The fraction of sp³-hybridized carbons (Fsp3) is 0.0952. The van der Waals surface area contributed by atoms with Gasteiger partial charge in [0, 0.05) is 5.69 Å². The molecule has 4 rings (SSSR count). The van der Waals surface area contributed by atoms with Crippen molar-refractivity contribution in [3.05, 3.63) is 88.7 Å². The van der Waals surface area contributed by atoms with E-state index in [9.17, 15) is 5.21 Å². The standard InChI is InChI=1S/C21H20N2OSi/c1-25(2)19-12-15(22)8-10-17(19)21(14-6-4-3-5-7-14)18-11-9-16(23-24)13-20(18)25/h3-13,24H,22H2,1-2H3. The van der Waals surface area contributed by atoms with E-state index < -0.39 is 8.07 Å². The van der Waals surface area contributed by atoms with Crippen molar-refractivity contribution in [2.75, 3.05) is 5.73 Å². The van der Waals surface area contributed by atoms with E-state index in [-0.39, 0.29) is 0 Å². The van der Waals surface area contributed by atoms with Crippen LogP contribution in [0.15, 0.2) is 82.7 Å². The molecule has 0 atom stereocenters. The van der Waals surface area contributed by atoms with Crippen LogP contribution in [0, 0.1) is 0 Å². The van der Waals surface area contributed by atoms with Gasteiger partial charge >= 0.3 is 0 Å². The van der Waals surface area contributed by atoms with Gasteiger partial charge in [0.25, 0.3) is 0 Å². The fourth-order valence-electron chi connectivity index (χ4n) is 3.83. The Bertz CT molecular complexity index is 982. The van der Waals surface area contributed by atoms with Crippen LogP contribution < -0.4 is 10.9 Å². The molecule has 0 amide bonds. The third kappa shape index (κ3) is 2.37. The largest absolute Gasteiger partial charge is 0.410 e. The predicted molar refractivity (Wildman–Crippen MR) is 107 cm³/mol. The van der Waals surface area contributed by atoms with Gasteiger partial charge in [-0.2, -0.15) is 0 Å². The topological polar surface area (TPSA) is 58.6 Å². The molecule has 0 spiro atoms. The highest BCUT2D eigenvalue weighted by molar-refractivity contribution is 6.98. The van der Waals surface area contributed by atoms with Crippen molar-refractivity contribution in [1.82, 2.24) is 0 Å². The van der Waals surface area contributed by atoms with Crippen LogP contribution in [0.5, 0.6) is 0 Å². The summed E-state index contributed by atoms with van der Waals surface area (Å²) in [7, 11) is -1.96. The summed E-state index contributed by atoms with van der Waals surface area (Å²) in [6, 6.07) is 16.7. The lowest BCUT2D eigenvalue weighted by molar-refractivity contribution is 0.320. The Morgan fingerprint density at radius 3 is 2.48 bits per heavy atom.